The summed E-state index contributed by atoms with van der Waals surface area (Å²) in [5.41, 5.74) is 5.10. The zero-order valence-corrected chi connectivity index (χ0v) is 16.6. The van der Waals surface area contributed by atoms with E-state index in [1.54, 1.807) is 4.57 Å². The Labute approximate surface area is 167 Å². The van der Waals surface area contributed by atoms with E-state index in [1.807, 2.05) is 4.90 Å². The molecule has 2 aromatic heterocycles. The minimum atomic E-state index is -1.31. The van der Waals surface area contributed by atoms with Gasteiger partial charge in [0, 0.05) is 25.3 Å². The Hall–Kier alpha value is -2.19. The highest BCUT2D eigenvalue weighted by molar-refractivity contribution is 5.92. The van der Waals surface area contributed by atoms with E-state index in [2.05, 4.69) is 18.8 Å². The molecule has 1 aliphatic heterocycles. The molecule has 1 saturated carbocycles. The van der Waals surface area contributed by atoms with E-state index in [4.69, 9.17) is 5.73 Å². The highest BCUT2D eigenvalue weighted by Gasteiger charge is 2.40. The number of aromatic nitrogens is 2. The molecular formula is C19H24ClFN4O3. The predicted molar refractivity (Wildman–Crippen MR) is 107 cm³/mol. The summed E-state index contributed by atoms with van der Waals surface area (Å²) in [6.45, 7) is 5.92. The van der Waals surface area contributed by atoms with Crippen molar-refractivity contribution in [2.45, 2.75) is 32.7 Å². The molecule has 1 aliphatic carbocycles. The molecule has 1 atom stereocenters. The molecule has 2 aliphatic rings. The van der Waals surface area contributed by atoms with Crippen LogP contribution < -0.4 is 16.1 Å². The van der Waals surface area contributed by atoms with Crippen LogP contribution >= 0.6 is 12.4 Å². The minimum absolute atomic E-state index is 0. The van der Waals surface area contributed by atoms with Crippen LogP contribution in [0.25, 0.3) is 11.0 Å². The highest BCUT2D eigenvalue weighted by Crippen LogP contribution is 2.39. The van der Waals surface area contributed by atoms with Crippen molar-refractivity contribution in [2.24, 2.45) is 17.1 Å². The van der Waals surface area contributed by atoms with Crippen LogP contribution in [0.2, 0.25) is 0 Å². The predicted octanol–water partition coefficient (Wildman–Crippen LogP) is 2.41. The number of carboxylic acid groups (broad SMARTS) is 1. The van der Waals surface area contributed by atoms with Gasteiger partial charge in [0.05, 0.1) is 5.39 Å². The number of pyridine rings is 2. The molecule has 3 N–H and O–H groups in total. The third-order valence-corrected chi connectivity index (χ3v) is 5.84. The number of fused-ring (bicyclic) bond motifs is 1. The molecule has 1 saturated heterocycles. The van der Waals surface area contributed by atoms with Crippen LogP contribution in [0.4, 0.5) is 10.2 Å². The number of carboxylic acids is 1. The molecule has 0 aromatic carbocycles. The Morgan fingerprint density at radius 3 is 2.64 bits per heavy atom. The smallest absolute Gasteiger partial charge is 0.341 e. The third kappa shape index (κ3) is 3.24. The Morgan fingerprint density at radius 2 is 2.11 bits per heavy atom. The summed E-state index contributed by atoms with van der Waals surface area (Å²) in [6.07, 6.45) is 3.12. The van der Waals surface area contributed by atoms with E-state index >= 15 is 0 Å². The van der Waals surface area contributed by atoms with E-state index < -0.39 is 17.2 Å². The number of nitrogens with two attached hydrogens (primary N) is 1. The molecule has 1 unspecified atom stereocenters. The zero-order valence-electron chi connectivity index (χ0n) is 15.8. The number of aromatic carboxylic acids is 1. The number of rotatable bonds is 4. The van der Waals surface area contributed by atoms with Gasteiger partial charge in [-0.05, 0) is 36.8 Å². The van der Waals surface area contributed by atoms with Gasteiger partial charge >= 0.3 is 5.97 Å². The molecule has 152 valence electrons. The molecule has 2 fully saturated rings. The van der Waals surface area contributed by atoms with Gasteiger partial charge in [0.15, 0.2) is 11.6 Å². The molecule has 9 heteroatoms. The number of carbonyl (C=O) groups is 1. The average molecular weight is 411 g/mol. The first-order valence-corrected chi connectivity index (χ1v) is 9.16. The fourth-order valence-electron chi connectivity index (χ4n) is 4.00. The summed E-state index contributed by atoms with van der Waals surface area (Å²) in [6, 6.07) is 1.23. The third-order valence-electron chi connectivity index (χ3n) is 5.84. The Morgan fingerprint density at radius 1 is 1.43 bits per heavy atom. The molecule has 3 heterocycles. The van der Waals surface area contributed by atoms with E-state index in [9.17, 15) is 19.1 Å². The largest absolute Gasteiger partial charge is 0.477 e. The maximum absolute atomic E-state index is 14.9. The molecule has 4 rings (SSSR count). The van der Waals surface area contributed by atoms with Crippen molar-refractivity contribution in [3.05, 3.63) is 33.9 Å². The Bertz CT molecular complexity index is 1000. The van der Waals surface area contributed by atoms with Gasteiger partial charge in [-0.1, -0.05) is 13.8 Å². The van der Waals surface area contributed by atoms with Crippen molar-refractivity contribution in [2.75, 3.05) is 24.5 Å². The second-order valence-electron chi connectivity index (χ2n) is 8.28. The number of hydrogen-bond donors (Lipinski definition) is 2. The van der Waals surface area contributed by atoms with Gasteiger partial charge in [-0.25, -0.2) is 14.2 Å². The average Bonchev–Trinajstić information content (AvgIpc) is 3.38. The van der Waals surface area contributed by atoms with Crippen LogP contribution in [0.15, 0.2) is 17.1 Å². The molecule has 0 amide bonds. The van der Waals surface area contributed by atoms with Crippen molar-refractivity contribution < 1.29 is 14.3 Å². The number of hydrogen-bond acceptors (Lipinski definition) is 5. The number of halogens is 2. The molecule has 28 heavy (non-hydrogen) atoms. The van der Waals surface area contributed by atoms with Crippen LogP contribution in [0.1, 0.15) is 43.1 Å². The lowest BCUT2D eigenvalue weighted by Gasteiger charge is -2.24. The second-order valence-corrected chi connectivity index (χ2v) is 8.28. The quantitative estimate of drug-likeness (QED) is 0.802. The first-order valence-electron chi connectivity index (χ1n) is 9.16. The van der Waals surface area contributed by atoms with Gasteiger partial charge in [-0.3, -0.25) is 4.79 Å². The number of nitrogens with zero attached hydrogens (tertiary/aromatic N) is 3. The monoisotopic (exact) mass is 410 g/mol. The zero-order chi connectivity index (χ0) is 19.5. The van der Waals surface area contributed by atoms with E-state index in [0.717, 1.165) is 18.9 Å². The molecular weight excluding hydrogens is 387 g/mol. The maximum atomic E-state index is 14.9. The fourth-order valence-corrected chi connectivity index (χ4v) is 4.00. The lowest BCUT2D eigenvalue weighted by molar-refractivity contribution is 0.0695. The normalized spacial score (nSPS) is 21.0. The minimum Gasteiger partial charge on any atom is -0.477 e. The van der Waals surface area contributed by atoms with Crippen LogP contribution in [-0.2, 0) is 0 Å². The molecule has 0 radical (unpaired) electrons. The van der Waals surface area contributed by atoms with Crippen molar-refractivity contribution in [1.29, 1.82) is 0 Å². The summed E-state index contributed by atoms with van der Waals surface area (Å²) in [4.78, 5) is 30.3. The van der Waals surface area contributed by atoms with Gasteiger partial charge in [0.25, 0.3) is 0 Å². The summed E-state index contributed by atoms with van der Waals surface area (Å²) in [7, 11) is 0. The summed E-state index contributed by atoms with van der Waals surface area (Å²) < 4.78 is 16.6. The Balaban J connectivity index is 0.00000225. The lowest BCUT2D eigenvalue weighted by atomic mass is 9.82. The molecule has 0 bridgehead atoms. The maximum Gasteiger partial charge on any atom is 0.341 e. The summed E-state index contributed by atoms with van der Waals surface area (Å²) in [5, 5.41) is 9.33. The first-order chi connectivity index (χ1) is 12.7. The van der Waals surface area contributed by atoms with Crippen LogP contribution in [-0.4, -0.2) is 40.3 Å². The summed E-state index contributed by atoms with van der Waals surface area (Å²) >= 11 is 0. The van der Waals surface area contributed by atoms with Crippen molar-refractivity contribution in [1.82, 2.24) is 9.55 Å². The first kappa shape index (κ1) is 20.5. The van der Waals surface area contributed by atoms with E-state index in [0.29, 0.717) is 25.3 Å². The van der Waals surface area contributed by atoms with Crippen LogP contribution in [0, 0.1) is 17.2 Å². The van der Waals surface area contributed by atoms with Gasteiger partial charge in [-0.15, -0.1) is 12.4 Å². The van der Waals surface area contributed by atoms with Crippen LogP contribution in [0.3, 0.4) is 0 Å². The fraction of sp³-hybridized carbons (Fsp3) is 0.526. The summed E-state index contributed by atoms with van der Waals surface area (Å²) in [5.74, 6) is -1.51. The lowest BCUT2D eigenvalue weighted by Crippen LogP contribution is -2.28. The van der Waals surface area contributed by atoms with Crippen molar-refractivity contribution in [3.8, 4) is 0 Å². The van der Waals surface area contributed by atoms with Gasteiger partial charge in [-0.2, -0.15) is 0 Å². The molecule has 0 spiro atoms. The van der Waals surface area contributed by atoms with E-state index in [1.165, 1.54) is 6.20 Å². The van der Waals surface area contributed by atoms with Gasteiger partial charge in [0.2, 0.25) is 5.43 Å². The highest BCUT2D eigenvalue weighted by atomic mass is 35.5. The topological polar surface area (TPSA) is 101 Å². The number of anilines is 1. The van der Waals surface area contributed by atoms with Crippen molar-refractivity contribution >= 4 is 35.2 Å². The van der Waals surface area contributed by atoms with E-state index in [-0.39, 0.29) is 46.5 Å². The van der Waals surface area contributed by atoms with Gasteiger partial charge < -0.3 is 20.3 Å². The standard InChI is InChI=1S/C19H23FN4O3.ClH/c1-19(2)9-23(7-10(19)6-21)17-14(20)5-12-15(25)13(18(26)27)8-24(11-3-4-11)16(12)22-17;/h5,8,10-11H,3-4,6-7,9,21H2,1-2H3,(H,26,27);1H. The molecule has 7 nitrogen and oxygen atoms in total. The molecule has 2 aromatic rings. The van der Waals surface area contributed by atoms with Gasteiger partial charge in [0.1, 0.15) is 11.2 Å². The second kappa shape index (κ2) is 7.00. The van der Waals surface area contributed by atoms with Crippen LogP contribution in [0.5, 0.6) is 0 Å². The SMILES string of the molecule is CC1(C)CN(c2nc3c(cc2F)c(=O)c(C(=O)O)cn3C2CC2)CC1CN.Cl. The van der Waals surface area contributed by atoms with Crippen molar-refractivity contribution in [3.63, 3.8) is 0 Å². The Kier molecular flexibility index (Phi) is 5.14.